The van der Waals surface area contributed by atoms with E-state index in [0.29, 0.717) is 6.42 Å². The van der Waals surface area contributed by atoms with Gasteiger partial charge in [0, 0.05) is 6.42 Å². The zero-order chi connectivity index (χ0) is 33.6. The number of carbonyl (C=O) groups is 1. The minimum Gasteiger partial charge on any atom is -0.394 e. The SMILES string of the molecule is CCCCCCCCCCCCCCCCCCCCCC/C=C/C(O)C(CO)NC(=O)CCCCCCCCCCCCCC. The fourth-order valence-corrected chi connectivity index (χ4v) is 6.53. The molecule has 2 unspecified atom stereocenters. The maximum absolute atomic E-state index is 12.3. The number of aliphatic hydroxyl groups is 2. The molecule has 0 saturated heterocycles. The van der Waals surface area contributed by atoms with Crippen LogP contribution in [0.5, 0.6) is 0 Å². The van der Waals surface area contributed by atoms with Crippen LogP contribution in [-0.4, -0.2) is 34.9 Å². The maximum Gasteiger partial charge on any atom is 0.220 e. The minimum absolute atomic E-state index is 0.0623. The first-order valence-corrected chi connectivity index (χ1v) is 20.9. The molecule has 0 rings (SSSR count). The van der Waals surface area contributed by atoms with Crippen LogP contribution in [0, 0.1) is 0 Å². The van der Waals surface area contributed by atoms with Gasteiger partial charge < -0.3 is 15.5 Å². The zero-order valence-corrected chi connectivity index (χ0v) is 31.4. The molecule has 3 N–H and O–H groups in total. The van der Waals surface area contributed by atoms with Crippen LogP contribution >= 0.6 is 0 Å². The normalized spacial score (nSPS) is 13.0. The molecule has 274 valence electrons. The first-order valence-electron chi connectivity index (χ1n) is 20.9. The van der Waals surface area contributed by atoms with E-state index in [1.807, 2.05) is 6.08 Å². The summed E-state index contributed by atoms with van der Waals surface area (Å²) in [6, 6.07) is -0.615. The summed E-state index contributed by atoms with van der Waals surface area (Å²) in [4.78, 5) is 12.3. The molecular formula is C42H83NO3. The Bertz CT molecular complexity index is 622. The van der Waals surface area contributed by atoms with Gasteiger partial charge in [-0.05, 0) is 19.3 Å². The second-order valence-electron chi connectivity index (χ2n) is 14.4. The summed E-state index contributed by atoms with van der Waals surface area (Å²) >= 11 is 0. The van der Waals surface area contributed by atoms with Crippen molar-refractivity contribution in [1.82, 2.24) is 5.32 Å². The van der Waals surface area contributed by atoms with Crippen LogP contribution in [-0.2, 0) is 4.79 Å². The molecule has 2 atom stereocenters. The topological polar surface area (TPSA) is 69.6 Å². The number of hydrogen-bond acceptors (Lipinski definition) is 3. The Balaban J connectivity index is 3.52. The fraction of sp³-hybridized carbons (Fsp3) is 0.929. The summed E-state index contributed by atoms with van der Waals surface area (Å²) in [5.74, 6) is -0.0623. The highest BCUT2D eigenvalue weighted by atomic mass is 16.3. The van der Waals surface area contributed by atoms with Crippen molar-refractivity contribution in [3.05, 3.63) is 12.2 Å². The molecule has 1 amide bonds. The Kier molecular flexibility index (Phi) is 37.8. The predicted molar refractivity (Wildman–Crippen MR) is 202 cm³/mol. The van der Waals surface area contributed by atoms with Gasteiger partial charge in [0.25, 0.3) is 0 Å². The lowest BCUT2D eigenvalue weighted by atomic mass is 10.0. The largest absolute Gasteiger partial charge is 0.394 e. The van der Waals surface area contributed by atoms with Gasteiger partial charge in [0.15, 0.2) is 0 Å². The third-order valence-corrected chi connectivity index (χ3v) is 9.77. The Morgan fingerprint density at radius 3 is 1.13 bits per heavy atom. The van der Waals surface area contributed by atoms with Gasteiger partial charge in [0.1, 0.15) is 0 Å². The van der Waals surface area contributed by atoms with Crippen molar-refractivity contribution in [2.24, 2.45) is 0 Å². The van der Waals surface area contributed by atoms with Crippen LogP contribution in [0.15, 0.2) is 12.2 Å². The van der Waals surface area contributed by atoms with Crippen LogP contribution < -0.4 is 5.32 Å². The van der Waals surface area contributed by atoms with Gasteiger partial charge in [-0.3, -0.25) is 4.79 Å². The Morgan fingerprint density at radius 1 is 0.500 bits per heavy atom. The van der Waals surface area contributed by atoms with E-state index in [1.165, 1.54) is 186 Å². The lowest BCUT2D eigenvalue weighted by Crippen LogP contribution is -2.45. The molecule has 0 aliphatic heterocycles. The van der Waals surface area contributed by atoms with E-state index in [0.717, 1.165) is 25.7 Å². The quantitative estimate of drug-likeness (QED) is 0.0460. The number of amides is 1. The van der Waals surface area contributed by atoms with Gasteiger partial charge in [-0.15, -0.1) is 0 Å². The van der Waals surface area contributed by atoms with E-state index >= 15 is 0 Å². The first kappa shape index (κ1) is 45.1. The maximum atomic E-state index is 12.3. The predicted octanol–water partition coefficient (Wildman–Crippen LogP) is 12.7. The van der Waals surface area contributed by atoms with Gasteiger partial charge in [-0.2, -0.15) is 0 Å². The summed E-state index contributed by atoms with van der Waals surface area (Å²) in [7, 11) is 0. The van der Waals surface area contributed by atoms with Crippen LogP contribution in [0.25, 0.3) is 0 Å². The van der Waals surface area contributed by atoms with Crippen LogP contribution in [0.1, 0.15) is 232 Å². The average Bonchev–Trinajstić information content (AvgIpc) is 3.06. The monoisotopic (exact) mass is 650 g/mol. The third kappa shape index (κ3) is 34.5. The number of allylic oxidation sites excluding steroid dienone is 1. The van der Waals surface area contributed by atoms with Crippen LogP contribution in [0.2, 0.25) is 0 Å². The van der Waals surface area contributed by atoms with Crippen molar-refractivity contribution in [2.45, 2.75) is 244 Å². The molecule has 0 spiro atoms. The van der Waals surface area contributed by atoms with Gasteiger partial charge in [-0.1, -0.05) is 219 Å². The summed E-state index contributed by atoms with van der Waals surface area (Å²) < 4.78 is 0. The van der Waals surface area contributed by atoms with E-state index in [1.54, 1.807) is 6.08 Å². The molecule has 0 aromatic rings. The van der Waals surface area contributed by atoms with Crippen molar-refractivity contribution in [3.8, 4) is 0 Å². The lowest BCUT2D eigenvalue weighted by Gasteiger charge is -2.20. The number of unbranched alkanes of at least 4 members (excludes halogenated alkanes) is 31. The highest BCUT2D eigenvalue weighted by molar-refractivity contribution is 5.76. The molecule has 46 heavy (non-hydrogen) atoms. The zero-order valence-electron chi connectivity index (χ0n) is 31.4. The molecule has 0 aliphatic carbocycles. The number of nitrogens with one attached hydrogen (secondary N) is 1. The average molecular weight is 650 g/mol. The van der Waals surface area contributed by atoms with E-state index in [4.69, 9.17) is 0 Å². The Labute approximate surface area is 288 Å². The van der Waals surface area contributed by atoms with Gasteiger partial charge in [0.05, 0.1) is 18.8 Å². The molecule has 0 heterocycles. The minimum atomic E-state index is -0.832. The van der Waals surface area contributed by atoms with Crippen molar-refractivity contribution in [1.29, 1.82) is 0 Å². The van der Waals surface area contributed by atoms with Gasteiger partial charge >= 0.3 is 0 Å². The van der Waals surface area contributed by atoms with Crippen molar-refractivity contribution in [2.75, 3.05) is 6.61 Å². The Morgan fingerprint density at radius 2 is 0.804 bits per heavy atom. The number of aliphatic hydroxyl groups excluding tert-OH is 2. The number of carbonyl (C=O) groups excluding carboxylic acids is 1. The molecular weight excluding hydrogens is 566 g/mol. The molecule has 4 heteroatoms. The molecule has 0 bridgehead atoms. The number of hydrogen-bond donors (Lipinski definition) is 3. The molecule has 0 saturated carbocycles. The van der Waals surface area contributed by atoms with Crippen molar-refractivity contribution in [3.63, 3.8) is 0 Å². The fourth-order valence-electron chi connectivity index (χ4n) is 6.53. The highest BCUT2D eigenvalue weighted by Gasteiger charge is 2.17. The van der Waals surface area contributed by atoms with E-state index in [-0.39, 0.29) is 12.5 Å². The summed E-state index contributed by atoms with van der Waals surface area (Å²) in [5.41, 5.74) is 0. The molecule has 0 fully saturated rings. The molecule has 0 aromatic heterocycles. The van der Waals surface area contributed by atoms with Crippen molar-refractivity contribution >= 4 is 5.91 Å². The molecule has 0 aliphatic rings. The second-order valence-corrected chi connectivity index (χ2v) is 14.4. The molecule has 4 nitrogen and oxygen atoms in total. The summed E-state index contributed by atoms with van der Waals surface area (Å²) in [6.45, 7) is 4.31. The smallest absolute Gasteiger partial charge is 0.220 e. The third-order valence-electron chi connectivity index (χ3n) is 9.77. The van der Waals surface area contributed by atoms with Gasteiger partial charge in [-0.25, -0.2) is 0 Å². The molecule has 0 aromatic carbocycles. The summed E-state index contributed by atoms with van der Waals surface area (Å²) in [5, 5.41) is 23.0. The van der Waals surface area contributed by atoms with E-state index < -0.39 is 12.1 Å². The second kappa shape index (κ2) is 38.6. The Hall–Kier alpha value is -0.870. The number of rotatable bonds is 38. The lowest BCUT2D eigenvalue weighted by molar-refractivity contribution is -0.123. The van der Waals surface area contributed by atoms with E-state index in [2.05, 4.69) is 19.2 Å². The van der Waals surface area contributed by atoms with E-state index in [9.17, 15) is 15.0 Å². The standard InChI is InChI=1S/C42H83NO3/c1-3-5-7-9-11-13-15-17-18-19-20-21-22-23-24-25-26-27-29-31-33-35-37-41(45)40(39-44)43-42(46)38-36-34-32-30-28-16-14-12-10-8-6-4-2/h35,37,40-41,44-45H,3-34,36,38-39H2,1-2H3,(H,43,46)/b37-35+. The van der Waals surface area contributed by atoms with Crippen LogP contribution in [0.3, 0.4) is 0 Å². The van der Waals surface area contributed by atoms with Crippen molar-refractivity contribution < 1.29 is 15.0 Å². The molecule has 0 radical (unpaired) electrons. The summed E-state index contributed by atoms with van der Waals surface area (Å²) in [6.07, 6.45) is 47.4. The van der Waals surface area contributed by atoms with Crippen LogP contribution in [0.4, 0.5) is 0 Å². The first-order chi connectivity index (χ1) is 22.7. The van der Waals surface area contributed by atoms with Gasteiger partial charge in [0.2, 0.25) is 5.91 Å². The highest BCUT2D eigenvalue weighted by Crippen LogP contribution is 2.16.